The summed E-state index contributed by atoms with van der Waals surface area (Å²) < 4.78 is 0. The maximum atomic E-state index is 10.7. The first-order valence-corrected chi connectivity index (χ1v) is 6.88. The van der Waals surface area contributed by atoms with Crippen LogP contribution in [-0.4, -0.2) is 16.5 Å². The van der Waals surface area contributed by atoms with Crippen molar-refractivity contribution in [1.29, 1.82) is 0 Å². The Morgan fingerprint density at radius 2 is 1.94 bits per heavy atom. The van der Waals surface area contributed by atoms with Crippen molar-refractivity contribution in [3.63, 3.8) is 0 Å². The van der Waals surface area contributed by atoms with E-state index in [1.807, 2.05) is 13.8 Å². The Balaban J connectivity index is 2.12. The third-order valence-electron chi connectivity index (χ3n) is 4.68. The molecule has 100 valence electrons. The minimum atomic E-state index is -1.24. The zero-order valence-corrected chi connectivity index (χ0v) is 11.6. The van der Waals surface area contributed by atoms with Gasteiger partial charge in [0, 0.05) is 12.0 Å². The molecule has 2 aliphatic carbocycles. The van der Waals surface area contributed by atoms with Crippen LogP contribution in [0, 0.1) is 11.8 Å². The maximum absolute atomic E-state index is 10.7. The summed E-state index contributed by atoms with van der Waals surface area (Å²) in [5.41, 5.74) is 3.23. The highest BCUT2D eigenvalue weighted by molar-refractivity contribution is 5.43. The number of allylic oxidation sites excluding steroid dienone is 3. The van der Waals surface area contributed by atoms with E-state index in [2.05, 4.69) is 19.9 Å². The van der Waals surface area contributed by atoms with Crippen molar-refractivity contribution in [2.75, 3.05) is 0 Å². The maximum Gasteiger partial charge on any atom is 0.225 e. The molecule has 3 rings (SSSR count). The Morgan fingerprint density at radius 1 is 1.22 bits per heavy atom. The lowest BCUT2D eigenvalue weighted by Crippen LogP contribution is -2.34. The molecular formula is C15H22O3. The van der Waals surface area contributed by atoms with E-state index >= 15 is 0 Å². The molecule has 1 saturated heterocycles. The van der Waals surface area contributed by atoms with Gasteiger partial charge in [-0.25, -0.2) is 4.89 Å². The number of fused-ring (bicyclic) bond motifs is 1. The van der Waals surface area contributed by atoms with Crippen LogP contribution in [-0.2, 0) is 9.78 Å². The molecule has 1 aliphatic heterocycles. The molecule has 0 spiro atoms. The molecule has 18 heavy (non-hydrogen) atoms. The molecule has 0 saturated carbocycles. The molecule has 1 N–H and O–H groups in total. The summed E-state index contributed by atoms with van der Waals surface area (Å²) in [6.45, 7) is 8.34. The Hall–Kier alpha value is -0.640. The molecule has 1 heterocycles. The molecule has 3 heteroatoms. The van der Waals surface area contributed by atoms with Crippen molar-refractivity contribution in [3.8, 4) is 0 Å². The van der Waals surface area contributed by atoms with Gasteiger partial charge in [-0.2, -0.15) is 4.89 Å². The van der Waals surface area contributed by atoms with E-state index in [4.69, 9.17) is 9.78 Å². The molecule has 3 aliphatic rings. The van der Waals surface area contributed by atoms with Crippen LogP contribution in [0.5, 0.6) is 0 Å². The van der Waals surface area contributed by atoms with Gasteiger partial charge in [-0.3, -0.25) is 0 Å². The van der Waals surface area contributed by atoms with Gasteiger partial charge in [0.2, 0.25) is 5.79 Å². The minimum Gasteiger partial charge on any atom is -0.360 e. The summed E-state index contributed by atoms with van der Waals surface area (Å²) >= 11 is 0. The Morgan fingerprint density at radius 3 is 2.67 bits per heavy atom. The molecule has 0 amide bonds. The van der Waals surface area contributed by atoms with Gasteiger partial charge in [0.05, 0.1) is 0 Å². The van der Waals surface area contributed by atoms with E-state index < -0.39 is 11.4 Å². The van der Waals surface area contributed by atoms with E-state index in [0.717, 1.165) is 12.0 Å². The van der Waals surface area contributed by atoms with Crippen molar-refractivity contribution >= 4 is 0 Å². The topological polar surface area (TPSA) is 38.7 Å². The van der Waals surface area contributed by atoms with Crippen LogP contribution in [0.3, 0.4) is 0 Å². The fourth-order valence-corrected chi connectivity index (χ4v) is 3.61. The van der Waals surface area contributed by atoms with Gasteiger partial charge in [-0.15, -0.1) is 0 Å². The predicted octanol–water partition coefficient (Wildman–Crippen LogP) is 3.11. The third kappa shape index (κ3) is 1.61. The van der Waals surface area contributed by atoms with Crippen molar-refractivity contribution in [3.05, 3.63) is 22.8 Å². The van der Waals surface area contributed by atoms with Gasteiger partial charge in [0.1, 0.15) is 5.60 Å². The monoisotopic (exact) mass is 250 g/mol. The largest absolute Gasteiger partial charge is 0.360 e. The highest BCUT2D eigenvalue weighted by atomic mass is 17.2. The lowest BCUT2D eigenvalue weighted by atomic mass is 9.86. The molecule has 3 nitrogen and oxygen atoms in total. The average Bonchev–Trinajstić information content (AvgIpc) is 2.69. The molecule has 0 radical (unpaired) electrons. The Labute approximate surface area is 108 Å². The Bertz CT molecular complexity index is 447. The molecular weight excluding hydrogens is 228 g/mol. The van der Waals surface area contributed by atoms with Gasteiger partial charge < -0.3 is 5.11 Å². The van der Waals surface area contributed by atoms with Crippen LogP contribution in [0.1, 0.15) is 47.0 Å². The lowest BCUT2D eigenvalue weighted by Gasteiger charge is -2.25. The lowest BCUT2D eigenvalue weighted by molar-refractivity contribution is -0.390. The van der Waals surface area contributed by atoms with Gasteiger partial charge >= 0.3 is 0 Å². The zero-order valence-electron chi connectivity index (χ0n) is 11.6. The van der Waals surface area contributed by atoms with E-state index in [0.29, 0.717) is 18.3 Å². The first kappa shape index (κ1) is 12.4. The fourth-order valence-electron chi connectivity index (χ4n) is 3.61. The second kappa shape index (κ2) is 3.69. The summed E-state index contributed by atoms with van der Waals surface area (Å²) in [6, 6.07) is 0. The summed E-state index contributed by atoms with van der Waals surface area (Å²) in [4.78, 5) is 10.6. The van der Waals surface area contributed by atoms with Crippen molar-refractivity contribution in [1.82, 2.24) is 0 Å². The summed E-state index contributed by atoms with van der Waals surface area (Å²) in [5.74, 6) is -0.317. The smallest absolute Gasteiger partial charge is 0.225 e. The van der Waals surface area contributed by atoms with Crippen molar-refractivity contribution < 1.29 is 14.9 Å². The second-order valence-corrected chi connectivity index (χ2v) is 6.54. The first-order chi connectivity index (χ1) is 8.33. The van der Waals surface area contributed by atoms with Crippen LogP contribution in [0.4, 0.5) is 0 Å². The summed E-state index contributed by atoms with van der Waals surface area (Å²) in [6.07, 6.45) is 5.11. The highest BCUT2D eigenvalue weighted by Crippen LogP contribution is 2.50. The normalized spacial score (nSPS) is 42.4. The average molecular weight is 250 g/mol. The third-order valence-corrected chi connectivity index (χ3v) is 4.68. The van der Waals surface area contributed by atoms with E-state index in [9.17, 15) is 5.11 Å². The number of aliphatic hydroxyl groups is 1. The SMILES string of the molecule is C[C@H]1CCC2=C1C=C1C(C)(C)OO[C@]1(O)C[C@@H]2C. The van der Waals surface area contributed by atoms with Crippen molar-refractivity contribution in [2.24, 2.45) is 11.8 Å². The standard InChI is InChI=1S/C15H22O3/c1-9-5-6-11-10(2)8-15(16)13(7-12(9)11)14(3,4)17-18-15/h7,9-10,16H,5-6,8H2,1-4H3/t9-,10-,15+/m0/s1. The van der Waals surface area contributed by atoms with Crippen LogP contribution in [0.2, 0.25) is 0 Å². The molecule has 0 aromatic carbocycles. The van der Waals surface area contributed by atoms with Crippen LogP contribution in [0.15, 0.2) is 22.8 Å². The molecule has 0 unspecified atom stereocenters. The summed E-state index contributed by atoms with van der Waals surface area (Å²) in [7, 11) is 0. The van der Waals surface area contributed by atoms with Gasteiger partial charge in [0.15, 0.2) is 0 Å². The minimum absolute atomic E-state index is 0.348. The molecule has 0 aromatic rings. The molecule has 0 bridgehead atoms. The van der Waals surface area contributed by atoms with Crippen LogP contribution in [0.25, 0.3) is 0 Å². The van der Waals surface area contributed by atoms with E-state index in [-0.39, 0.29) is 0 Å². The van der Waals surface area contributed by atoms with Crippen LogP contribution < -0.4 is 0 Å². The summed E-state index contributed by atoms with van der Waals surface area (Å²) in [5, 5.41) is 10.7. The van der Waals surface area contributed by atoms with Gasteiger partial charge in [-0.1, -0.05) is 25.5 Å². The number of hydrogen-bond acceptors (Lipinski definition) is 3. The second-order valence-electron chi connectivity index (χ2n) is 6.54. The number of hydrogen-bond donors (Lipinski definition) is 1. The van der Waals surface area contributed by atoms with Crippen LogP contribution >= 0.6 is 0 Å². The molecule has 3 atom stereocenters. The predicted molar refractivity (Wildman–Crippen MR) is 68.5 cm³/mol. The Kier molecular flexibility index (Phi) is 2.54. The fraction of sp³-hybridized carbons (Fsp3) is 0.733. The molecule has 0 aromatic heterocycles. The zero-order chi connectivity index (χ0) is 13.1. The quantitative estimate of drug-likeness (QED) is 0.671. The van der Waals surface area contributed by atoms with Crippen molar-refractivity contribution in [2.45, 2.75) is 58.3 Å². The first-order valence-electron chi connectivity index (χ1n) is 6.88. The number of rotatable bonds is 0. The van der Waals surface area contributed by atoms with E-state index in [1.165, 1.54) is 17.6 Å². The highest BCUT2D eigenvalue weighted by Gasteiger charge is 2.53. The van der Waals surface area contributed by atoms with E-state index in [1.54, 1.807) is 0 Å². The van der Waals surface area contributed by atoms with Gasteiger partial charge in [-0.05, 0) is 44.1 Å². The van der Waals surface area contributed by atoms with Gasteiger partial charge in [0.25, 0.3) is 0 Å². The molecule has 1 fully saturated rings.